The largest absolute Gasteiger partial charge is 0.493 e. The van der Waals surface area contributed by atoms with E-state index in [1.807, 2.05) is 37.3 Å². The molecule has 1 aromatic heterocycles. The van der Waals surface area contributed by atoms with E-state index < -0.39 is 5.60 Å². The molecule has 1 saturated heterocycles. The summed E-state index contributed by atoms with van der Waals surface area (Å²) in [5, 5.41) is 2.86. The van der Waals surface area contributed by atoms with Crippen LogP contribution in [0, 0.1) is 0 Å². The van der Waals surface area contributed by atoms with Gasteiger partial charge in [0.15, 0.2) is 5.82 Å². The molecule has 0 saturated carbocycles. The number of para-hydroxylation sites is 1. The van der Waals surface area contributed by atoms with Crippen LogP contribution in [0.4, 0.5) is 0 Å². The number of carbonyl (C=O) groups is 1. The average Bonchev–Trinajstić information content (AvgIpc) is 2.68. The molecule has 0 bridgehead atoms. The van der Waals surface area contributed by atoms with E-state index in [9.17, 15) is 4.79 Å². The molecule has 1 aliphatic rings. The second-order valence-electron chi connectivity index (χ2n) is 6.64. The molecule has 2 aromatic rings. The van der Waals surface area contributed by atoms with Crippen molar-refractivity contribution in [2.75, 3.05) is 13.2 Å². The lowest BCUT2D eigenvalue weighted by Crippen LogP contribution is -2.32. The number of rotatable bonds is 7. The van der Waals surface area contributed by atoms with Gasteiger partial charge >= 0.3 is 0 Å². The summed E-state index contributed by atoms with van der Waals surface area (Å²) in [6.07, 6.45) is 6.97. The maximum absolute atomic E-state index is 11.9. The second kappa shape index (κ2) is 8.76. The van der Waals surface area contributed by atoms with Crippen molar-refractivity contribution in [3.63, 3.8) is 0 Å². The van der Waals surface area contributed by atoms with Gasteiger partial charge in [0.1, 0.15) is 11.4 Å². The van der Waals surface area contributed by atoms with Crippen LogP contribution in [0.15, 0.2) is 42.7 Å². The van der Waals surface area contributed by atoms with Crippen molar-refractivity contribution in [2.24, 2.45) is 0 Å². The van der Waals surface area contributed by atoms with Crippen LogP contribution >= 0.6 is 0 Å². The fourth-order valence-corrected chi connectivity index (χ4v) is 2.90. The van der Waals surface area contributed by atoms with Gasteiger partial charge in [-0.15, -0.1) is 0 Å². The van der Waals surface area contributed by atoms with Gasteiger partial charge in [0.05, 0.1) is 13.0 Å². The number of nitrogens with zero attached hydrogens (tertiary/aromatic N) is 2. The zero-order valence-electron chi connectivity index (χ0n) is 15.1. The standard InChI is InChI=1S/C20H25N3O3/c1-20(10-5-6-11-26-20)19-22-14-16(15-23-19)13-21-18(24)9-12-25-17-7-3-2-4-8-17/h2-4,7-8,14-15H,5-6,9-13H2,1H3,(H,21,24)/t20-/m0/s1. The number of ether oxygens (including phenoxy) is 2. The highest BCUT2D eigenvalue weighted by molar-refractivity contribution is 5.75. The molecule has 26 heavy (non-hydrogen) atoms. The molecule has 2 heterocycles. The highest BCUT2D eigenvalue weighted by atomic mass is 16.5. The zero-order valence-corrected chi connectivity index (χ0v) is 15.1. The molecule has 1 atom stereocenters. The normalized spacial score (nSPS) is 19.7. The summed E-state index contributed by atoms with van der Waals surface area (Å²) < 4.78 is 11.4. The van der Waals surface area contributed by atoms with Crippen molar-refractivity contribution in [3.8, 4) is 5.75 Å². The highest BCUT2D eigenvalue weighted by Crippen LogP contribution is 2.32. The minimum Gasteiger partial charge on any atom is -0.493 e. The van der Waals surface area contributed by atoms with Crippen LogP contribution in [-0.4, -0.2) is 29.1 Å². The maximum Gasteiger partial charge on any atom is 0.223 e. The van der Waals surface area contributed by atoms with Gasteiger partial charge in [-0.25, -0.2) is 9.97 Å². The van der Waals surface area contributed by atoms with Crippen LogP contribution in [0.3, 0.4) is 0 Å². The van der Waals surface area contributed by atoms with Gasteiger partial charge in [-0.05, 0) is 38.3 Å². The van der Waals surface area contributed by atoms with Crippen molar-refractivity contribution in [1.82, 2.24) is 15.3 Å². The number of amides is 1. The Bertz CT molecular complexity index is 698. The first-order valence-electron chi connectivity index (χ1n) is 9.06. The number of aromatic nitrogens is 2. The third kappa shape index (κ3) is 5.02. The van der Waals surface area contributed by atoms with E-state index in [2.05, 4.69) is 15.3 Å². The molecule has 0 radical (unpaired) electrons. The third-order valence-electron chi connectivity index (χ3n) is 4.48. The van der Waals surface area contributed by atoms with Crippen LogP contribution in [0.2, 0.25) is 0 Å². The monoisotopic (exact) mass is 355 g/mol. The average molecular weight is 355 g/mol. The summed E-state index contributed by atoms with van der Waals surface area (Å²) >= 11 is 0. The van der Waals surface area contributed by atoms with Crippen LogP contribution in [0.25, 0.3) is 0 Å². The van der Waals surface area contributed by atoms with E-state index in [1.165, 1.54) is 0 Å². The molecular formula is C20H25N3O3. The molecule has 0 unspecified atom stereocenters. The molecule has 1 N–H and O–H groups in total. The fraction of sp³-hybridized carbons (Fsp3) is 0.450. The van der Waals surface area contributed by atoms with E-state index in [1.54, 1.807) is 12.4 Å². The van der Waals surface area contributed by atoms with Crippen LogP contribution in [-0.2, 0) is 21.7 Å². The molecule has 138 valence electrons. The van der Waals surface area contributed by atoms with Gasteiger partial charge in [0.25, 0.3) is 0 Å². The lowest BCUT2D eigenvalue weighted by atomic mass is 9.95. The van der Waals surface area contributed by atoms with Gasteiger partial charge < -0.3 is 14.8 Å². The predicted molar refractivity (Wildman–Crippen MR) is 97.6 cm³/mol. The van der Waals surface area contributed by atoms with Crippen molar-refractivity contribution in [1.29, 1.82) is 0 Å². The van der Waals surface area contributed by atoms with Gasteiger partial charge in [0, 0.05) is 31.1 Å². The summed E-state index contributed by atoms with van der Waals surface area (Å²) in [6.45, 7) is 3.54. The first-order chi connectivity index (χ1) is 12.7. The molecule has 6 nitrogen and oxygen atoms in total. The molecule has 1 fully saturated rings. The molecule has 3 rings (SSSR count). The van der Waals surface area contributed by atoms with E-state index in [4.69, 9.17) is 9.47 Å². The molecule has 1 aliphatic heterocycles. The van der Waals surface area contributed by atoms with Gasteiger partial charge in [-0.1, -0.05) is 18.2 Å². The number of nitrogens with one attached hydrogen (secondary N) is 1. The highest BCUT2D eigenvalue weighted by Gasteiger charge is 2.32. The van der Waals surface area contributed by atoms with E-state index in [0.717, 1.165) is 37.2 Å². The number of benzene rings is 1. The summed E-state index contributed by atoms with van der Waals surface area (Å²) in [7, 11) is 0. The van der Waals surface area contributed by atoms with Crippen molar-refractivity contribution >= 4 is 5.91 Å². The quantitative estimate of drug-likeness (QED) is 0.826. The van der Waals surface area contributed by atoms with Gasteiger partial charge in [0.2, 0.25) is 5.91 Å². The Kier molecular flexibility index (Phi) is 6.17. The maximum atomic E-state index is 11.9. The van der Waals surface area contributed by atoms with Crippen molar-refractivity contribution in [2.45, 2.75) is 44.8 Å². The smallest absolute Gasteiger partial charge is 0.223 e. The molecule has 1 aromatic carbocycles. The first kappa shape index (κ1) is 18.3. The Morgan fingerprint density at radius 3 is 2.69 bits per heavy atom. The zero-order chi connectivity index (χ0) is 18.2. The summed E-state index contributed by atoms with van der Waals surface area (Å²) in [6, 6.07) is 9.46. The summed E-state index contributed by atoms with van der Waals surface area (Å²) in [5.41, 5.74) is 0.472. The number of hydrogen-bond donors (Lipinski definition) is 1. The van der Waals surface area contributed by atoms with Crippen molar-refractivity contribution in [3.05, 3.63) is 54.1 Å². The SMILES string of the molecule is C[C@@]1(c2ncc(CNC(=O)CCOc3ccccc3)cn2)CCCCO1. The Labute approximate surface area is 154 Å². The van der Waals surface area contributed by atoms with Crippen LogP contribution in [0.5, 0.6) is 5.75 Å². The lowest BCUT2D eigenvalue weighted by molar-refractivity contribution is -0.121. The van der Waals surface area contributed by atoms with Crippen molar-refractivity contribution < 1.29 is 14.3 Å². The third-order valence-corrected chi connectivity index (χ3v) is 4.48. The molecule has 0 aliphatic carbocycles. The Balaban J connectivity index is 1.42. The summed E-state index contributed by atoms with van der Waals surface area (Å²) in [4.78, 5) is 20.8. The Morgan fingerprint density at radius 1 is 1.23 bits per heavy atom. The molecular weight excluding hydrogens is 330 g/mol. The number of hydrogen-bond acceptors (Lipinski definition) is 5. The number of carbonyl (C=O) groups excluding carboxylic acids is 1. The van der Waals surface area contributed by atoms with E-state index in [0.29, 0.717) is 25.4 Å². The first-order valence-corrected chi connectivity index (χ1v) is 9.06. The topological polar surface area (TPSA) is 73.3 Å². The van der Waals surface area contributed by atoms with Gasteiger partial charge in [-0.3, -0.25) is 4.79 Å². The Hall–Kier alpha value is -2.47. The second-order valence-corrected chi connectivity index (χ2v) is 6.64. The van der Waals surface area contributed by atoms with Gasteiger partial charge in [-0.2, -0.15) is 0 Å². The molecule has 1 amide bonds. The van der Waals surface area contributed by atoms with Crippen LogP contribution in [0.1, 0.15) is 44.0 Å². The molecule has 6 heteroatoms. The minimum absolute atomic E-state index is 0.0624. The predicted octanol–water partition coefficient (Wildman–Crippen LogP) is 2.98. The minimum atomic E-state index is -0.394. The molecule has 0 spiro atoms. The van der Waals surface area contributed by atoms with Crippen LogP contribution < -0.4 is 10.1 Å². The Morgan fingerprint density at radius 2 is 2.00 bits per heavy atom. The summed E-state index contributed by atoms with van der Waals surface area (Å²) in [5.74, 6) is 1.42. The lowest BCUT2D eigenvalue weighted by Gasteiger charge is -2.32. The fourth-order valence-electron chi connectivity index (χ4n) is 2.90. The van der Waals surface area contributed by atoms with E-state index in [-0.39, 0.29) is 5.91 Å². The van der Waals surface area contributed by atoms with E-state index >= 15 is 0 Å².